The fourth-order valence-electron chi connectivity index (χ4n) is 1.78. The fraction of sp³-hybridized carbons (Fsp3) is 0.308. The van der Waals surface area contributed by atoms with Crippen LogP contribution in [-0.4, -0.2) is 10.1 Å². The first-order valence-corrected chi connectivity index (χ1v) is 5.53. The Hall–Kier alpha value is -2.35. The van der Waals surface area contributed by atoms with Gasteiger partial charge >= 0.3 is 0 Å². The molecule has 0 unspecified atom stereocenters. The normalized spacial score (nSPS) is 10.1. The first-order valence-electron chi connectivity index (χ1n) is 5.53. The molecule has 0 bridgehead atoms. The SMILES string of the molecule is Cc1nc(COc2c(C)cc(C#N)cc2C)no1. The maximum Gasteiger partial charge on any atom is 0.223 e. The Bertz CT molecular complexity index is 588. The zero-order chi connectivity index (χ0) is 13.1. The molecule has 1 aromatic heterocycles. The van der Waals surface area contributed by atoms with E-state index in [-0.39, 0.29) is 6.61 Å². The summed E-state index contributed by atoms with van der Waals surface area (Å²) in [5.74, 6) is 1.79. The molecule has 2 rings (SSSR count). The monoisotopic (exact) mass is 243 g/mol. The van der Waals surface area contributed by atoms with Gasteiger partial charge in [-0.25, -0.2) is 0 Å². The summed E-state index contributed by atoms with van der Waals surface area (Å²) in [5.41, 5.74) is 2.48. The van der Waals surface area contributed by atoms with Crippen molar-refractivity contribution in [3.63, 3.8) is 0 Å². The van der Waals surface area contributed by atoms with E-state index in [2.05, 4.69) is 16.2 Å². The van der Waals surface area contributed by atoms with Crippen molar-refractivity contribution in [2.75, 3.05) is 0 Å². The largest absolute Gasteiger partial charge is 0.485 e. The van der Waals surface area contributed by atoms with Gasteiger partial charge in [-0.3, -0.25) is 0 Å². The highest BCUT2D eigenvalue weighted by molar-refractivity contribution is 5.47. The Kier molecular flexibility index (Phi) is 3.28. The van der Waals surface area contributed by atoms with Gasteiger partial charge in [-0.2, -0.15) is 10.2 Å². The first kappa shape index (κ1) is 12.1. The number of benzene rings is 1. The molecular formula is C13H13N3O2. The minimum Gasteiger partial charge on any atom is -0.485 e. The third-order valence-corrected chi connectivity index (χ3v) is 2.50. The molecule has 0 N–H and O–H groups in total. The van der Waals surface area contributed by atoms with E-state index < -0.39 is 0 Å². The van der Waals surface area contributed by atoms with Gasteiger partial charge in [0.15, 0.2) is 6.61 Å². The highest BCUT2D eigenvalue weighted by Gasteiger charge is 2.09. The number of hydrogen-bond acceptors (Lipinski definition) is 5. The highest BCUT2D eigenvalue weighted by atomic mass is 16.5. The molecule has 1 aromatic carbocycles. The summed E-state index contributed by atoms with van der Waals surface area (Å²) in [7, 11) is 0. The lowest BCUT2D eigenvalue weighted by molar-refractivity contribution is 0.282. The zero-order valence-corrected chi connectivity index (χ0v) is 10.5. The summed E-state index contributed by atoms with van der Waals surface area (Å²) in [6, 6.07) is 5.71. The molecule has 0 atom stereocenters. The number of hydrogen-bond donors (Lipinski definition) is 0. The van der Waals surface area contributed by atoms with Crippen molar-refractivity contribution in [2.24, 2.45) is 0 Å². The van der Waals surface area contributed by atoms with Crippen LogP contribution in [-0.2, 0) is 6.61 Å². The molecule has 18 heavy (non-hydrogen) atoms. The minimum atomic E-state index is 0.255. The second-order valence-electron chi connectivity index (χ2n) is 4.07. The van der Waals surface area contributed by atoms with Crippen LogP contribution >= 0.6 is 0 Å². The average molecular weight is 243 g/mol. The van der Waals surface area contributed by atoms with Crippen molar-refractivity contribution < 1.29 is 9.26 Å². The lowest BCUT2D eigenvalue weighted by Crippen LogP contribution is -2.01. The quantitative estimate of drug-likeness (QED) is 0.827. The van der Waals surface area contributed by atoms with Crippen LogP contribution in [0, 0.1) is 32.1 Å². The van der Waals surface area contributed by atoms with Gasteiger partial charge in [-0.1, -0.05) is 5.16 Å². The van der Waals surface area contributed by atoms with Gasteiger partial charge in [0, 0.05) is 6.92 Å². The number of nitrogens with zero attached hydrogens (tertiary/aromatic N) is 3. The van der Waals surface area contributed by atoms with Gasteiger partial charge in [-0.05, 0) is 37.1 Å². The average Bonchev–Trinajstić information content (AvgIpc) is 2.73. The second kappa shape index (κ2) is 4.88. The predicted octanol–water partition coefficient (Wildman–Crippen LogP) is 2.45. The Morgan fingerprint density at radius 3 is 2.44 bits per heavy atom. The first-order chi connectivity index (χ1) is 8.60. The topological polar surface area (TPSA) is 71.9 Å². The highest BCUT2D eigenvalue weighted by Crippen LogP contribution is 2.25. The molecule has 0 aliphatic heterocycles. The molecule has 0 amide bonds. The van der Waals surface area contributed by atoms with Crippen molar-refractivity contribution >= 4 is 0 Å². The summed E-state index contributed by atoms with van der Waals surface area (Å²) in [6.07, 6.45) is 0. The van der Waals surface area contributed by atoms with E-state index in [0.29, 0.717) is 17.3 Å². The van der Waals surface area contributed by atoms with E-state index in [1.54, 1.807) is 19.1 Å². The summed E-state index contributed by atoms with van der Waals surface area (Å²) < 4.78 is 10.5. The van der Waals surface area contributed by atoms with Crippen molar-refractivity contribution in [1.82, 2.24) is 10.1 Å². The van der Waals surface area contributed by atoms with Gasteiger partial charge in [0.25, 0.3) is 0 Å². The lowest BCUT2D eigenvalue weighted by atomic mass is 10.1. The number of nitriles is 1. The van der Waals surface area contributed by atoms with E-state index in [4.69, 9.17) is 14.5 Å². The number of aryl methyl sites for hydroxylation is 3. The summed E-state index contributed by atoms with van der Waals surface area (Å²) >= 11 is 0. The minimum absolute atomic E-state index is 0.255. The van der Waals surface area contributed by atoms with Gasteiger partial charge in [0.1, 0.15) is 5.75 Å². The molecule has 0 radical (unpaired) electrons. The van der Waals surface area contributed by atoms with Crippen LogP contribution in [0.5, 0.6) is 5.75 Å². The molecule has 0 saturated carbocycles. The lowest BCUT2D eigenvalue weighted by Gasteiger charge is -2.10. The van der Waals surface area contributed by atoms with E-state index >= 15 is 0 Å². The Morgan fingerprint density at radius 1 is 1.28 bits per heavy atom. The number of aromatic nitrogens is 2. The van der Waals surface area contributed by atoms with Gasteiger partial charge in [0.2, 0.25) is 11.7 Å². The van der Waals surface area contributed by atoms with Gasteiger partial charge in [0.05, 0.1) is 11.6 Å². The Balaban J connectivity index is 2.17. The van der Waals surface area contributed by atoms with Gasteiger partial charge in [-0.15, -0.1) is 0 Å². The molecular weight excluding hydrogens is 230 g/mol. The molecule has 0 saturated heterocycles. The second-order valence-corrected chi connectivity index (χ2v) is 4.07. The fourth-order valence-corrected chi connectivity index (χ4v) is 1.78. The number of rotatable bonds is 3. The van der Waals surface area contributed by atoms with Crippen LogP contribution in [0.1, 0.15) is 28.4 Å². The van der Waals surface area contributed by atoms with E-state index in [9.17, 15) is 0 Å². The van der Waals surface area contributed by atoms with Crippen LogP contribution in [0.15, 0.2) is 16.7 Å². The van der Waals surface area contributed by atoms with Gasteiger partial charge < -0.3 is 9.26 Å². The van der Waals surface area contributed by atoms with Crippen molar-refractivity contribution in [1.29, 1.82) is 5.26 Å². The van der Waals surface area contributed by atoms with Crippen molar-refractivity contribution in [3.8, 4) is 11.8 Å². The summed E-state index contributed by atoms with van der Waals surface area (Å²) in [6.45, 7) is 5.80. The third kappa shape index (κ3) is 2.48. The van der Waals surface area contributed by atoms with Crippen LogP contribution < -0.4 is 4.74 Å². The Morgan fingerprint density at radius 2 is 1.94 bits per heavy atom. The van der Waals surface area contributed by atoms with Crippen molar-refractivity contribution in [3.05, 3.63) is 40.5 Å². The molecule has 0 aliphatic carbocycles. The van der Waals surface area contributed by atoms with Crippen molar-refractivity contribution in [2.45, 2.75) is 27.4 Å². The molecule has 2 aromatic rings. The molecule has 5 nitrogen and oxygen atoms in total. The standard InChI is InChI=1S/C13H13N3O2/c1-8-4-11(6-14)5-9(2)13(8)17-7-12-15-10(3)18-16-12/h4-5H,7H2,1-3H3. The van der Waals surface area contributed by atoms with Crippen LogP contribution in [0.25, 0.3) is 0 Å². The maximum atomic E-state index is 8.86. The van der Waals surface area contributed by atoms with E-state index in [0.717, 1.165) is 16.9 Å². The van der Waals surface area contributed by atoms with Crippen LogP contribution in [0.4, 0.5) is 0 Å². The van der Waals surface area contributed by atoms with Crippen LogP contribution in [0.2, 0.25) is 0 Å². The smallest absolute Gasteiger partial charge is 0.223 e. The third-order valence-electron chi connectivity index (χ3n) is 2.50. The maximum absolute atomic E-state index is 8.86. The van der Waals surface area contributed by atoms with E-state index in [1.165, 1.54) is 0 Å². The molecule has 0 aliphatic rings. The van der Waals surface area contributed by atoms with Crippen LogP contribution in [0.3, 0.4) is 0 Å². The Labute approximate surface area is 105 Å². The molecule has 92 valence electrons. The molecule has 0 spiro atoms. The number of ether oxygens (including phenoxy) is 1. The molecule has 5 heteroatoms. The zero-order valence-electron chi connectivity index (χ0n) is 10.5. The summed E-state index contributed by atoms with van der Waals surface area (Å²) in [5, 5.41) is 12.6. The van der Waals surface area contributed by atoms with E-state index in [1.807, 2.05) is 13.8 Å². The molecule has 1 heterocycles. The predicted molar refractivity (Wildman–Crippen MR) is 64.0 cm³/mol. The summed E-state index contributed by atoms with van der Waals surface area (Å²) in [4.78, 5) is 4.06. The molecule has 0 fully saturated rings.